The number of fused-ring (bicyclic) bond motifs is 1. The molecule has 4 rings (SSSR count). The van der Waals surface area contributed by atoms with Crippen LogP contribution in [0.25, 0.3) is 11.3 Å². The number of rotatable bonds is 2. The van der Waals surface area contributed by atoms with Gasteiger partial charge in [0.2, 0.25) is 0 Å². The maximum Gasteiger partial charge on any atom is 0.290 e. The number of nitrogens with zero attached hydrogens (tertiary/aromatic N) is 2. The fraction of sp³-hybridized carbons (Fsp3) is 0.263. The molecule has 0 radical (unpaired) electrons. The van der Waals surface area contributed by atoms with Crippen LogP contribution in [0, 0.1) is 13.8 Å². The van der Waals surface area contributed by atoms with Gasteiger partial charge in [0.15, 0.2) is 5.76 Å². The summed E-state index contributed by atoms with van der Waals surface area (Å²) in [5.41, 5.74) is 3.49. The van der Waals surface area contributed by atoms with Crippen molar-refractivity contribution in [2.24, 2.45) is 0 Å². The molecule has 0 saturated carbocycles. The van der Waals surface area contributed by atoms with Gasteiger partial charge in [0.25, 0.3) is 5.91 Å². The van der Waals surface area contributed by atoms with Crippen molar-refractivity contribution in [2.45, 2.75) is 26.8 Å². The number of furan rings is 1. The van der Waals surface area contributed by atoms with Gasteiger partial charge in [-0.05, 0) is 32.0 Å². The second kappa shape index (κ2) is 6.08. The van der Waals surface area contributed by atoms with Gasteiger partial charge in [-0.3, -0.25) is 4.79 Å². The molecule has 6 heteroatoms. The number of benzene rings is 1. The number of amides is 1. The van der Waals surface area contributed by atoms with Gasteiger partial charge in [-0.25, -0.2) is 0 Å². The van der Waals surface area contributed by atoms with Gasteiger partial charge in [0, 0.05) is 34.7 Å². The van der Waals surface area contributed by atoms with Crippen molar-refractivity contribution in [1.29, 1.82) is 0 Å². The number of hydrogen-bond donors (Lipinski definition) is 0. The van der Waals surface area contributed by atoms with Gasteiger partial charge < -0.3 is 13.8 Å². The lowest BCUT2D eigenvalue weighted by atomic mass is 10.0. The van der Waals surface area contributed by atoms with Crippen LogP contribution in [-0.2, 0) is 13.0 Å². The van der Waals surface area contributed by atoms with Gasteiger partial charge in [-0.1, -0.05) is 28.9 Å². The quantitative estimate of drug-likeness (QED) is 0.682. The Morgan fingerprint density at radius 3 is 2.68 bits per heavy atom. The predicted octanol–water partition coefficient (Wildman–Crippen LogP) is 4.40. The average molecular weight is 357 g/mol. The van der Waals surface area contributed by atoms with E-state index in [-0.39, 0.29) is 5.91 Å². The minimum atomic E-state index is -0.0977. The molecule has 0 saturated heterocycles. The second-order valence-corrected chi connectivity index (χ2v) is 6.72. The van der Waals surface area contributed by atoms with Crippen LogP contribution < -0.4 is 0 Å². The minimum Gasteiger partial charge on any atom is -0.456 e. The number of carbonyl (C=O) groups is 1. The van der Waals surface area contributed by atoms with Gasteiger partial charge in [0.05, 0.1) is 6.54 Å². The molecule has 0 spiro atoms. The molecule has 0 N–H and O–H groups in total. The molecule has 0 fully saturated rings. The van der Waals surface area contributed by atoms with E-state index in [9.17, 15) is 4.79 Å². The molecule has 3 heterocycles. The summed E-state index contributed by atoms with van der Waals surface area (Å²) < 4.78 is 11.1. The van der Waals surface area contributed by atoms with Gasteiger partial charge in [-0.2, -0.15) is 0 Å². The normalized spacial score (nSPS) is 13.8. The van der Waals surface area contributed by atoms with Crippen LogP contribution in [0.3, 0.4) is 0 Å². The molecule has 3 aromatic rings. The summed E-state index contributed by atoms with van der Waals surface area (Å²) in [6.45, 7) is 4.77. The Balaban J connectivity index is 1.64. The molecule has 128 valence electrons. The van der Waals surface area contributed by atoms with Gasteiger partial charge in [0.1, 0.15) is 17.2 Å². The van der Waals surface area contributed by atoms with Crippen LogP contribution in [0.2, 0.25) is 5.02 Å². The van der Waals surface area contributed by atoms with Crippen molar-refractivity contribution >= 4 is 17.5 Å². The lowest BCUT2D eigenvalue weighted by Crippen LogP contribution is -2.35. The molecule has 0 unspecified atom stereocenters. The summed E-state index contributed by atoms with van der Waals surface area (Å²) in [6, 6.07) is 9.32. The molecule has 1 amide bonds. The highest BCUT2D eigenvalue weighted by atomic mass is 35.5. The summed E-state index contributed by atoms with van der Waals surface area (Å²) in [5.74, 6) is 1.89. The van der Waals surface area contributed by atoms with Crippen molar-refractivity contribution in [3.05, 3.63) is 63.8 Å². The van der Waals surface area contributed by atoms with Crippen LogP contribution in [0.1, 0.15) is 33.2 Å². The Labute approximate surface area is 150 Å². The zero-order valence-corrected chi connectivity index (χ0v) is 14.8. The summed E-state index contributed by atoms with van der Waals surface area (Å²) in [4.78, 5) is 14.6. The van der Waals surface area contributed by atoms with E-state index in [1.54, 1.807) is 4.90 Å². The topological polar surface area (TPSA) is 59.5 Å². The van der Waals surface area contributed by atoms with E-state index in [0.717, 1.165) is 33.9 Å². The van der Waals surface area contributed by atoms with E-state index in [2.05, 4.69) is 5.16 Å². The highest BCUT2D eigenvalue weighted by Crippen LogP contribution is 2.31. The number of carbonyl (C=O) groups excluding carboxylic acids is 1. The predicted molar refractivity (Wildman–Crippen MR) is 93.6 cm³/mol. The zero-order chi connectivity index (χ0) is 17.6. The lowest BCUT2D eigenvalue weighted by Gasteiger charge is -2.25. The maximum absolute atomic E-state index is 12.8. The van der Waals surface area contributed by atoms with Crippen molar-refractivity contribution in [2.75, 3.05) is 6.54 Å². The Hall–Kier alpha value is -2.53. The van der Waals surface area contributed by atoms with E-state index < -0.39 is 0 Å². The third kappa shape index (κ3) is 2.85. The molecule has 5 nitrogen and oxygen atoms in total. The Bertz CT molecular complexity index is 940. The van der Waals surface area contributed by atoms with Gasteiger partial charge >= 0.3 is 0 Å². The summed E-state index contributed by atoms with van der Waals surface area (Å²) in [7, 11) is 0. The largest absolute Gasteiger partial charge is 0.456 e. The molecule has 1 aliphatic rings. The maximum atomic E-state index is 12.8. The Morgan fingerprint density at radius 1 is 1.24 bits per heavy atom. The number of aryl methyl sites for hydroxylation is 2. The fourth-order valence-corrected chi connectivity index (χ4v) is 3.34. The fourth-order valence-electron chi connectivity index (χ4n) is 3.21. The Morgan fingerprint density at radius 2 is 2.00 bits per heavy atom. The van der Waals surface area contributed by atoms with Crippen LogP contribution in [0.15, 0.2) is 39.3 Å². The highest BCUT2D eigenvalue weighted by Gasteiger charge is 2.30. The molecule has 0 bridgehead atoms. The van der Waals surface area contributed by atoms with Crippen molar-refractivity contribution in [3.63, 3.8) is 0 Å². The smallest absolute Gasteiger partial charge is 0.290 e. The standard InChI is InChI=1S/C19H17ClN2O3/c1-11-9-12(2)24-18(11)19(23)22-8-7-16-15(10-22)17(21-25-16)13-3-5-14(20)6-4-13/h3-6,9H,7-8,10H2,1-2H3. The van der Waals surface area contributed by atoms with Crippen molar-refractivity contribution in [1.82, 2.24) is 10.1 Å². The first-order chi connectivity index (χ1) is 12.0. The molecule has 1 aromatic carbocycles. The second-order valence-electron chi connectivity index (χ2n) is 6.29. The number of aromatic nitrogens is 1. The molecule has 25 heavy (non-hydrogen) atoms. The third-order valence-corrected chi connectivity index (χ3v) is 4.72. The Kier molecular flexibility index (Phi) is 3.88. The SMILES string of the molecule is Cc1cc(C)c(C(=O)N2CCc3onc(-c4ccc(Cl)cc4)c3C2)o1. The van der Waals surface area contributed by atoms with Crippen molar-refractivity contribution in [3.8, 4) is 11.3 Å². The van der Waals surface area contributed by atoms with E-state index in [0.29, 0.717) is 30.3 Å². The van der Waals surface area contributed by atoms with Crippen LogP contribution >= 0.6 is 11.6 Å². The van der Waals surface area contributed by atoms with E-state index in [4.69, 9.17) is 20.5 Å². The van der Waals surface area contributed by atoms with Crippen LogP contribution in [0.5, 0.6) is 0 Å². The molecule has 2 aromatic heterocycles. The van der Waals surface area contributed by atoms with E-state index in [1.807, 2.05) is 44.2 Å². The van der Waals surface area contributed by atoms with E-state index >= 15 is 0 Å². The molecule has 0 aliphatic carbocycles. The highest BCUT2D eigenvalue weighted by molar-refractivity contribution is 6.30. The molecular formula is C19H17ClN2O3. The molecule has 0 atom stereocenters. The van der Waals surface area contributed by atoms with Crippen LogP contribution in [-0.4, -0.2) is 22.5 Å². The summed E-state index contributed by atoms with van der Waals surface area (Å²) in [5, 5.41) is 4.87. The number of hydrogen-bond acceptors (Lipinski definition) is 4. The minimum absolute atomic E-state index is 0.0977. The number of halogens is 1. The lowest BCUT2D eigenvalue weighted by molar-refractivity contribution is 0.0694. The molecule has 1 aliphatic heterocycles. The monoisotopic (exact) mass is 356 g/mol. The third-order valence-electron chi connectivity index (χ3n) is 4.47. The first-order valence-corrected chi connectivity index (χ1v) is 8.50. The van der Waals surface area contributed by atoms with E-state index in [1.165, 1.54) is 0 Å². The zero-order valence-electron chi connectivity index (χ0n) is 14.0. The first kappa shape index (κ1) is 16.0. The average Bonchev–Trinajstić information content (AvgIpc) is 3.17. The van der Waals surface area contributed by atoms with Crippen molar-refractivity contribution < 1.29 is 13.7 Å². The summed E-state index contributed by atoms with van der Waals surface area (Å²) in [6.07, 6.45) is 0.639. The molecular weight excluding hydrogens is 340 g/mol. The van der Waals surface area contributed by atoms with Gasteiger partial charge in [-0.15, -0.1) is 0 Å². The van der Waals surface area contributed by atoms with Crippen LogP contribution in [0.4, 0.5) is 0 Å². The first-order valence-electron chi connectivity index (χ1n) is 8.12. The summed E-state index contributed by atoms with van der Waals surface area (Å²) >= 11 is 5.96.